The third-order valence-electron chi connectivity index (χ3n) is 6.20. The first-order chi connectivity index (χ1) is 14.6. The van der Waals surface area contributed by atoms with E-state index in [1.54, 1.807) is 20.4 Å². The maximum Gasteiger partial charge on any atom is 0.223 e. The Morgan fingerprint density at radius 2 is 1.80 bits per heavy atom. The Labute approximate surface area is 175 Å². The Hall–Kier alpha value is -3.07. The molecule has 3 atom stereocenters. The van der Waals surface area contributed by atoms with Crippen LogP contribution in [0.15, 0.2) is 30.5 Å². The molecule has 0 amide bonds. The number of aromatic nitrogens is 6. The van der Waals surface area contributed by atoms with Gasteiger partial charge >= 0.3 is 0 Å². The zero-order chi connectivity index (χ0) is 20.7. The van der Waals surface area contributed by atoms with Crippen LogP contribution in [0.4, 0.5) is 5.82 Å². The van der Waals surface area contributed by atoms with Gasteiger partial charge in [-0.3, -0.25) is 0 Å². The largest absolute Gasteiger partial charge is 0.480 e. The number of methoxy groups -OCH3 is 1. The van der Waals surface area contributed by atoms with Crippen molar-refractivity contribution in [3.63, 3.8) is 0 Å². The van der Waals surface area contributed by atoms with E-state index in [-0.39, 0.29) is 0 Å². The number of fused-ring (bicyclic) bond motifs is 2. The van der Waals surface area contributed by atoms with E-state index in [4.69, 9.17) is 4.74 Å². The normalized spacial score (nSPS) is 22.8. The highest BCUT2D eigenvalue weighted by Gasteiger charge is 2.35. The minimum Gasteiger partial charge on any atom is -0.480 e. The minimum atomic E-state index is 0.487. The summed E-state index contributed by atoms with van der Waals surface area (Å²) in [7, 11) is 5.50. The van der Waals surface area contributed by atoms with Crippen LogP contribution >= 0.6 is 0 Å². The maximum absolute atomic E-state index is 5.49. The number of pyridine rings is 1. The predicted molar refractivity (Wildman–Crippen MR) is 113 cm³/mol. The summed E-state index contributed by atoms with van der Waals surface area (Å²) < 4.78 is 5.49. The third kappa shape index (κ3) is 3.49. The summed E-state index contributed by atoms with van der Waals surface area (Å²) in [5.74, 6) is 1.38. The fourth-order valence-corrected chi connectivity index (χ4v) is 4.58. The van der Waals surface area contributed by atoms with Crippen molar-refractivity contribution in [3.05, 3.63) is 30.5 Å². The van der Waals surface area contributed by atoms with E-state index in [1.165, 1.54) is 30.5 Å². The van der Waals surface area contributed by atoms with Crippen LogP contribution in [0.2, 0.25) is 0 Å². The van der Waals surface area contributed by atoms with E-state index in [2.05, 4.69) is 42.6 Å². The zero-order valence-corrected chi connectivity index (χ0v) is 17.5. The first-order valence-corrected chi connectivity index (χ1v) is 10.4. The lowest BCUT2D eigenvalue weighted by Gasteiger charge is -2.36. The lowest BCUT2D eigenvalue weighted by molar-refractivity contribution is 0.353. The second-order valence-electron chi connectivity index (χ2n) is 8.12. The Morgan fingerprint density at radius 1 is 1.03 bits per heavy atom. The summed E-state index contributed by atoms with van der Waals surface area (Å²) in [4.78, 5) is 8.40. The quantitative estimate of drug-likeness (QED) is 0.688. The van der Waals surface area contributed by atoms with E-state index in [9.17, 15) is 0 Å². The summed E-state index contributed by atoms with van der Waals surface area (Å²) in [5, 5.41) is 21.1. The fraction of sp³-hybridized carbons (Fsp3) is 0.476. The molecule has 2 bridgehead atoms. The monoisotopic (exact) mass is 406 g/mol. The van der Waals surface area contributed by atoms with Crippen LogP contribution in [0, 0.1) is 0 Å². The smallest absolute Gasteiger partial charge is 0.223 e. The average molecular weight is 406 g/mol. The number of rotatable bonds is 5. The Kier molecular flexibility index (Phi) is 4.82. The molecule has 0 spiro atoms. The average Bonchev–Trinajstić information content (AvgIpc) is 3.37. The van der Waals surface area contributed by atoms with Crippen LogP contribution in [0.3, 0.4) is 0 Å². The molecule has 156 valence electrons. The van der Waals surface area contributed by atoms with Crippen LogP contribution in [0.25, 0.3) is 22.6 Å². The molecule has 1 N–H and O–H groups in total. The summed E-state index contributed by atoms with van der Waals surface area (Å²) in [6.45, 7) is 0. The molecule has 3 aromatic rings. The highest BCUT2D eigenvalue weighted by molar-refractivity contribution is 5.68. The van der Waals surface area contributed by atoms with Crippen LogP contribution in [-0.4, -0.2) is 62.5 Å². The molecule has 0 saturated carbocycles. The van der Waals surface area contributed by atoms with Crippen LogP contribution in [0.5, 0.6) is 5.88 Å². The van der Waals surface area contributed by atoms with E-state index >= 15 is 0 Å². The zero-order valence-electron chi connectivity index (χ0n) is 17.5. The minimum absolute atomic E-state index is 0.487. The van der Waals surface area contributed by atoms with Gasteiger partial charge in [-0.2, -0.15) is 15.0 Å². The van der Waals surface area contributed by atoms with Gasteiger partial charge in [0.1, 0.15) is 11.4 Å². The van der Waals surface area contributed by atoms with Gasteiger partial charge in [0.05, 0.1) is 24.6 Å². The summed E-state index contributed by atoms with van der Waals surface area (Å²) >= 11 is 0. The van der Waals surface area contributed by atoms with Gasteiger partial charge in [-0.05, 0) is 49.9 Å². The first kappa shape index (κ1) is 18.9. The van der Waals surface area contributed by atoms with Crippen molar-refractivity contribution in [2.24, 2.45) is 7.05 Å². The van der Waals surface area contributed by atoms with Gasteiger partial charge in [0, 0.05) is 32.2 Å². The highest BCUT2D eigenvalue weighted by atomic mass is 16.5. The van der Waals surface area contributed by atoms with E-state index in [1.807, 2.05) is 24.3 Å². The number of hydrogen-bond acceptors (Lipinski definition) is 8. The molecular formula is C21H26N8O. The summed E-state index contributed by atoms with van der Waals surface area (Å²) in [6, 6.07) is 9.63. The van der Waals surface area contributed by atoms with E-state index in [0.717, 1.165) is 11.4 Å². The Morgan fingerprint density at radius 3 is 2.43 bits per heavy atom. The molecule has 2 aliphatic rings. The number of hydrogen-bond donors (Lipinski definition) is 1. The maximum atomic E-state index is 5.49. The van der Waals surface area contributed by atoms with Gasteiger partial charge in [-0.25, -0.2) is 4.98 Å². The van der Waals surface area contributed by atoms with Crippen LogP contribution in [0.1, 0.15) is 25.7 Å². The molecule has 2 fully saturated rings. The molecule has 0 aliphatic carbocycles. The van der Waals surface area contributed by atoms with Crippen LogP contribution < -0.4 is 15.0 Å². The molecule has 2 saturated heterocycles. The molecule has 0 aromatic carbocycles. The van der Waals surface area contributed by atoms with Gasteiger partial charge in [-0.15, -0.1) is 10.2 Å². The molecular weight excluding hydrogens is 380 g/mol. The molecule has 30 heavy (non-hydrogen) atoms. The second-order valence-corrected chi connectivity index (χ2v) is 8.12. The SMILES string of the molecule is COc1nc(-c2ccc(N(C)[C@@H]3C[C@H]4CC[C@@H](C3)N4)nn2)ccc1-c1cnn(C)n1. The van der Waals surface area contributed by atoms with Gasteiger partial charge in [0.15, 0.2) is 5.82 Å². The number of nitrogens with zero attached hydrogens (tertiary/aromatic N) is 7. The molecule has 3 aromatic heterocycles. The number of aryl methyl sites for hydroxylation is 1. The highest BCUT2D eigenvalue weighted by Crippen LogP contribution is 2.32. The second kappa shape index (κ2) is 7.64. The van der Waals surface area contributed by atoms with Crippen molar-refractivity contribution in [2.45, 2.75) is 43.8 Å². The molecule has 9 nitrogen and oxygen atoms in total. The lowest BCUT2D eigenvalue weighted by atomic mass is 9.98. The summed E-state index contributed by atoms with van der Waals surface area (Å²) in [6.07, 6.45) is 6.60. The van der Waals surface area contributed by atoms with Crippen molar-refractivity contribution >= 4 is 5.82 Å². The van der Waals surface area contributed by atoms with Gasteiger partial charge in [0.25, 0.3) is 0 Å². The fourth-order valence-electron chi connectivity index (χ4n) is 4.58. The first-order valence-electron chi connectivity index (χ1n) is 10.4. The van der Waals surface area contributed by atoms with Crippen molar-refractivity contribution in [1.82, 2.24) is 35.5 Å². The molecule has 2 aliphatic heterocycles. The number of ether oxygens (including phenoxy) is 1. The van der Waals surface area contributed by atoms with Crippen molar-refractivity contribution in [3.8, 4) is 28.5 Å². The van der Waals surface area contributed by atoms with Crippen molar-refractivity contribution in [2.75, 3.05) is 19.1 Å². The molecule has 5 heterocycles. The van der Waals surface area contributed by atoms with Gasteiger partial charge in [0.2, 0.25) is 5.88 Å². The Bertz CT molecular complexity index is 1020. The van der Waals surface area contributed by atoms with Crippen LogP contribution in [-0.2, 0) is 7.05 Å². The number of piperidine rings is 1. The van der Waals surface area contributed by atoms with E-state index < -0.39 is 0 Å². The predicted octanol–water partition coefficient (Wildman–Crippen LogP) is 2.06. The van der Waals surface area contributed by atoms with E-state index in [0.29, 0.717) is 41.1 Å². The molecule has 0 unspecified atom stereocenters. The molecule has 5 rings (SSSR count). The number of nitrogens with one attached hydrogen (secondary N) is 1. The van der Waals surface area contributed by atoms with Gasteiger partial charge in [-0.1, -0.05) is 0 Å². The Balaban J connectivity index is 1.36. The van der Waals surface area contributed by atoms with Crippen molar-refractivity contribution < 1.29 is 4.74 Å². The summed E-state index contributed by atoms with van der Waals surface area (Å²) in [5.41, 5.74) is 2.93. The van der Waals surface area contributed by atoms with Gasteiger partial charge < -0.3 is 15.0 Å². The lowest BCUT2D eigenvalue weighted by Crippen LogP contribution is -2.47. The molecule has 9 heteroatoms. The standard InChI is InChI=1S/C21H26N8O/c1-28(15-10-13-4-5-14(11-15)23-13)20-9-8-18(25-26-20)17-7-6-16(21(24-17)30-3)19-12-22-29(2)27-19/h6-9,12-15,23H,4-5,10-11H2,1-3H3/t13-,14+,15-. The third-order valence-corrected chi connectivity index (χ3v) is 6.20. The van der Waals surface area contributed by atoms with Crippen molar-refractivity contribution in [1.29, 1.82) is 0 Å². The number of anilines is 1. The molecule has 0 radical (unpaired) electrons. The topological polar surface area (TPSA) is 93.9 Å².